The average Bonchev–Trinajstić information content (AvgIpc) is 2.20. The molecule has 0 aromatic heterocycles. The molecule has 0 aromatic rings. The van der Waals surface area contributed by atoms with E-state index in [0.717, 1.165) is 45.2 Å². The SMILES string of the molecule is CCCCCC(=O)OC1CCNCC1.Cl.Cl. The highest BCUT2D eigenvalue weighted by Crippen LogP contribution is 2.09. The minimum absolute atomic E-state index is 0. The number of hydrogen-bond donors (Lipinski definition) is 1. The summed E-state index contributed by atoms with van der Waals surface area (Å²) in [6.45, 7) is 4.10. The van der Waals surface area contributed by atoms with Crippen molar-refractivity contribution in [3.63, 3.8) is 0 Å². The number of esters is 1. The minimum atomic E-state index is -0.00894. The maximum absolute atomic E-state index is 11.3. The molecule has 1 fully saturated rings. The summed E-state index contributed by atoms with van der Waals surface area (Å²) in [5.74, 6) is -0.00894. The summed E-state index contributed by atoms with van der Waals surface area (Å²) < 4.78 is 5.36. The van der Waals surface area contributed by atoms with Crippen LogP contribution in [0.15, 0.2) is 0 Å². The predicted octanol–water partition coefficient (Wildman–Crippen LogP) is 2.71. The van der Waals surface area contributed by atoms with E-state index in [9.17, 15) is 4.79 Å². The van der Waals surface area contributed by atoms with E-state index in [0.29, 0.717) is 6.42 Å². The summed E-state index contributed by atoms with van der Waals surface area (Å²) in [6.07, 6.45) is 5.96. The van der Waals surface area contributed by atoms with Crippen molar-refractivity contribution in [1.82, 2.24) is 5.32 Å². The predicted molar refractivity (Wildman–Crippen MR) is 70.6 cm³/mol. The molecule has 0 atom stereocenters. The lowest BCUT2D eigenvalue weighted by Gasteiger charge is -2.22. The van der Waals surface area contributed by atoms with Gasteiger partial charge in [-0.05, 0) is 32.4 Å². The lowest BCUT2D eigenvalue weighted by atomic mass is 10.1. The van der Waals surface area contributed by atoms with E-state index < -0.39 is 0 Å². The number of carbonyl (C=O) groups excluding carboxylic acids is 1. The molecule has 16 heavy (non-hydrogen) atoms. The van der Waals surface area contributed by atoms with Crippen molar-refractivity contribution in [2.24, 2.45) is 0 Å². The van der Waals surface area contributed by atoms with Crippen LogP contribution >= 0.6 is 24.8 Å². The normalized spacial score (nSPS) is 15.8. The number of carbonyl (C=O) groups is 1. The Hall–Kier alpha value is 0.01000. The van der Waals surface area contributed by atoms with Crippen LogP contribution in [-0.2, 0) is 9.53 Å². The fraction of sp³-hybridized carbons (Fsp3) is 0.909. The molecular weight excluding hydrogens is 249 g/mol. The molecule has 0 unspecified atom stereocenters. The van der Waals surface area contributed by atoms with Crippen molar-refractivity contribution < 1.29 is 9.53 Å². The van der Waals surface area contributed by atoms with E-state index in [-0.39, 0.29) is 36.9 Å². The van der Waals surface area contributed by atoms with Gasteiger partial charge in [0.25, 0.3) is 0 Å². The highest BCUT2D eigenvalue weighted by atomic mass is 35.5. The van der Waals surface area contributed by atoms with Crippen LogP contribution < -0.4 is 5.32 Å². The first kappa shape index (κ1) is 18.4. The van der Waals surface area contributed by atoms with Crippen molar-refractivity contribution in [3.05, 3.63) is 0 Å². The van der Waals surface area contributed by atoms with Gasteiger partial charge in [-0.2, -0.15) is 0 Å². The summed E-state index contributed by atoms with van der Waals surface area (Å²) >= 11 is 0. The number of unbranched alkanes of at least 4 members (excludes halogenated alkanes) is 2. The molecule has 0 saturated carbocycles. The lowest BCUT2D eigenvalue weighted by molar-refractivity contribution is -0.150. The molecule has 0 aliphatic carbocycles. The zero-order valence-electron chi connectivity index (χ0n) is 9.87. The number of piperidine rings is 1. The Bertz CT molecular complexity index is 173. The molecule has 0 bridgehead atoms. The van der Waals surface area contributed by atoms with Gasteiger partial charge in [0.2, 0.25) is 0 Å². The Morgan fingerprint density at radius 1 is 1.25 bits per heavy atom. The van der Waals surface area contributed by atoms with Gasteiger partial charge in [0.15, 0.2) is 0 Å². The van der Waals surface area contributed by atoms with Crippen molar-refractivity contribution in [3.8, 4) is 0 Å². The second-order valence-corrected chi connectivity index (χ2v) is 3.90. The van der Waals surface area contributed by atoms with Crippen molar-refractivity contribution in [1.29, 1.82) is 0 Å². The number of halogens is 2. The van der Waals surface area contributed by atoms with Crippen LogP contribution in [0.1, 0.15) is 45.4 Å². The Morgan fingerprint density at radius 2 is 1.88 bits per heavy atom. The molecule has 0 spiro atoms. The number of rotatable bonds is 5. The van der Waals surface area contributed by atoms with Gasteiger partial charge < -0.3 is 10.1 Å². The van der Waals surface area contributed by atoms with Gasteiger partial charge in [-0.15, -0.1) is 24.8 Å². The fourth-order valence-corrected chi connectivity index (χ4v) is 1.68. The lowest BCUT2D eigenvalue weighted by Crippen LogP contribution is -2.33. The maximum atomic E-state index is 11.3. The van der Waals surface area contributed by atoms with Gasteiger partial charge in [-0.25, -0.2) is 0 Å². The Balaban J connectivity index is 0. The molecule has 3 nitrogen and oxygen atoms in total. The molecule has 1 rings (SSSR count). The molecule has 1 aliphatic heterocycles. The standard InChI is InChI=1S/C11H21NO2.2ClH/c1-2-3-4-5-11(13)14-10-6-8-12-9-7-10;;/h10,12H,2-9H2,1H3;2*1H. The van der Waals surface area contributed by atoms with Gasteiger partial charge in [-0.1, -0.05) is 19.8 Å². The quantitative estimate of drug-likeness (QED) is 0.617. The largest absolute Gasteiger partial charge is 0.462 e. The summed E-state index contributed by atoms with van der Waals surface area (Å²) in [5, 5.41) is 3.25. The molecule has 0 aromatic carbocycles. The van der Waals surface area contributed by atoms with Crippen LogP contribution in [0.3, 0.4) is 0 Å². The number of hydrogen-bond acceptors (Lipinski definition) is 3. The zero-order chi connectivity index (χ0) is 10.2. The molecule has 1 saturated heterocycles. The highest BCUT2D eigenvalue weighted by molar-refractivity contribution is 5.85. The van der Waals surface area contributed by atoms with E-state index in [4.69, 9.17) is 4.74 Å². The van der Waals surface area contributed by atoms with Crippen LogP contribution in [0.4, 0.5) is 0 Å². The zero-order valence-corrected chi connectivity index (χ0v) is 11.5. The minimum Gasteiger partial charge on any atom is -0.462 e. The van der Waals surface area contributed by atoms with Crippen LogP contribution in [0.2, 0.25) is 0 Å². The van der Waals surface area contributed by atoms with Gasteiger partial charge in [0.1, 0.15) is 6.10 Å². The van der Waals surface area contributed by atoms with Gasteiger partial charge in [-0.3, -0.25) is 4.79 Å². The van der Waals surface area contributed by atoms with E-state index in [1.165, 1.54) is 0 Å². The summed E-state index contributed by atoms with van der Waals surface area (Å²) in [5.41, 5.74) is 0. The van der Waals surface area contributed by atoms with Crippen molar-refractivity contribution in [2.45, 2.75) is 51.6 Å². The van der Waals surface area contributed by atoms with E-state index in [2.05, 4.69) is 12.2 Å². The van der Waals surface area contributed by atoms with Crippen LogP contribution in [0.25, 0.3) is 0 Å². The van der Waals surface area contributed by atoms with Crippen molar-refractivity contribution in [2.75, 3.05) is 13.1 Å². The van der Waals surface area contributed by atoms with Gasteiger partial charge in [0.05, 0.1) is 0 Å². The molecule has 1 aliphatic rings. The molecule has 0 amide bonds. The number of ether oxygens (including phenoxy) is 1. The Kier molecular flexibility index (Phi) is 13.2. The second-order valence-electron chi connectivity index (χ2n) is 3.90. The van der Waals surface area contributed by atoms with Gasteiger partial charge >= 0.3 is 5.97 Å². The number of nitrogens with one attached hydrogen (secondary N) is 1. The molecule has 1 N–H and O–H groups in total. The Morgan fingerprint density at radius 3 is 2.44 bits per heavy atom. The van der Waals surface area contributed by atoms with Gasteiger partial charge in [0, 0.05) is 6.42 Å². The summed E-state index contributed by atoms with van der Waals surface area (Å²) in [6, 6.07) is 0. The third-order valence-corrected chi connectivity index (χ3v) is 2.57. The highest BCUT2D eigenvalue weighted by Gasteiger charge is 2.16. The maximum Gasteiger partial charge on any atom is 0.306 e. The molecule has 1 heterocycles. The second kappa shape index (κ2) is 11.5. The van der Waals surface area contributed by atoms with Crippen LogP contribution in [0.5, 0.6) is 0 Å². The first-order valence-electron chi connectivity index (χ1n) is 5.73. The smallest absolute Gasteiger partial charge is 0.306 e. The molecule has 0 radical (unpaired) electrons. The third kappa shape index (κ3) is 8.20. The first-order chi connectivity index (χ1) is 6.83. The fourth-order valence-electron chi connectivity index (χ4n) is 1.68. The summed E-state index contributed by atoms with van der Waals surface area (Å²) in [7, 11) is 0. The van der Waals surface area contributed by atoms with Crippen molar-refractivity contribution >= 4 is 30.8 Å². The van der Waals surface area contributed by atoms with E-state index in [1.807, 2.05) is 0 Å². The molecule has 5 heteroatoms. The summed E-state index contributed by atoms with van der Waals surface area (Å²) in [4.78, 5) is 11.3. The van der Waals surface area contributed by atoms with Crippen LogP contribution in [0, 0.1) is 0 Å². The monoisotopic (exact) mass is 271 g/mol. The van der Waals surface area contributed by atoms with E-state index in [1.54, 1.807) is 0 Å². The Labute approximate surface area is 111 Å². The topological polar surface area (TPSA) is 38.3 Å². The first-order valence-corrected chi connectivity index (χ1v) is 5.73. The van der Waals surface area contributed by atoms with Crippen LogP contribution in [-0.4, -0.2) is 25.2 Å². The average molecular weight is 272 g/mol. The van der Waals surface area contributed by atoms with E-state index >= 15 is 0 Å². The molecular formula is C11H23Cl2NO2. The third-order valence-electron chi connectivity index (χ3n) is 2.57. The molecule has 98 valence electrons.